The fourth-order valence-electron chi connectivity index (χ4n) is 2.46. The number of halogens is 3. The Labute approximate surface area is 176 Å². The highest BCUT2D eigenvalue weighted by Gasteiger charge is 2.40. The van der Waals surface area contributed by atoms with Crippen LogP contribution in [0.4, 0.5) is 18.3 Å². The molecule has 3 aromatic heterocycles. The maximum absolute atomic E-state index is 13.6. The summed E-state index contributed by atoms with van der Waals surface area (Å²) in [5, 5.41) is 14.1. The van der Waals surface area contributed by atoms with Gasteiger partial charge < -0.3 is 14.7 Å². The molecule has 10 nitrogen and oxygen atoms in total. The first-order valence-corrected chi connectivity index (χ1v) is 9.08. The average molecular weight is 454 g/mol. The Balaban J connectivity index is 2.04. The van der Waals surface area contributed by atoms with Crippen LogP contribution in [0.3, 0.4) is 0 Å². The van der Waals surface area contributed by atoms with Gasteiger partial charge in [-0.05, 0) is 12.1 Å². The number of carbonyl (C=O) groups is 1. The Hall–Kier alpha value is -3.81. The number of amides is 1. The van der Waals surface area contributed by atoms with E-state index in [0.29, 0.717) is 11.3 Å². The summed E-state index contributed by atoms with van der Waals surface area (Å²) in [4.78, 5) is 27.1. The molecule has 0 aliphatic rings. The van der Waals surface area contributed by atoms with Crippen molar-refractivity contribution in [3.63, 3.8) is 0 Å². The van der Waals surface area contributed by atoms with Crippen molar-refractivity contribution in [2.75, 3.05) is 19.5 Å². The lowest BCUT2D eigenvalue weighted by Crippen LogP contribution is -2.16. The van der Waals surface area contributed by atoms with Gasteiger partial charge in [-0.3, -0.25) is 15.1 Å². The normalized spacial score (nSPS) is 11.8. The number of hydrogen-bond acceptors (Lipinski definition) is 10. The first-order chi connectivity index (χ1) is 14.8. The maximum Gasteiger partial charge on any atom is 0.434 e. The Kier molecular flexibility index (Phi) is 6.29. The summed E-state index contributed by atoms with van der Waals surface area (Å²) in [6, 6.07) is 4.42. The number of nitrogens with one attached hydrogen (secondary N) is 1. The minimum absolute atomic E-state index is 0.0168. The van der Waals surface area contributed by atoms with E-state index in [0.717, 1.165) is 6.33 Å². The molecule has 0 spiro atoms. The number of methoxy groups -OCH3 is 2. The molecule has 0 unspecified atom stereocenters. The Bertz CT molecular complexity index is 1100. The van der Waals surface area contributed by atoms with Gasteiger partial charge in [0.2, 0.25) is 11.8 Å². The predicted octanol–water partition coefficient (Wildman–Crippen LogP) is 2.84. The zero-order valence-electron chi connectivity index (χ0n) is 15.8. The number of aromatic nitrogens is 4. The number of pyridine rings is 1. The number of thiazole rings is 1. The topological polar surface area (TPSA) is 132 Å². The number of carbonyl (C=O) groups excluding carboxylic acids is 1. The largest absolute Gasteiger partial charge is 0.480 e. The quantitative estimate of drug-likeness (QED) is 0.330. The molecular formula is C17H13F3N6O4S. The summed E-state index contributed by atoms with van der Waals surface area (Å²) < 4.78 is 50.7. The van der Waals surface area contributed by atoms with Crippen molar-refractivity contribution in [1.82, 2.24) is 19.9 Å². The highest BCUT2D eigenvalue weighted by Crippen LogP contribution is 2.38. The molecule has 14 heteroatoms. The van der Waals surface area contributed by atoms with Crippen LogP contribution in [0.1, 0.15) is 26.6 Å². The smallest absolute Gasteiger partial charge is 0.434 e. The second kappa shape index (κ2) is 8.91. The van der Waals surface area contributed by atoms with Crippen molar-refractivity contribution in [1.29, 1.82) is 0 Å². The molecule has 1 amide bonds. The van der Waals surface area contributed by atoms with Crippen LogP contribution < -0.4 is 14.8 Å². The average Bonchev–Trinajstić information content (AvgIpc) is 3.18. The molecule has 31 heavy (non-hydrogen) atoms. The monoisotopic (exact) mass is 454 g/mol. The molecular weight excluding hydrogens is 441 g/mol. The molecule has 0 radical (unpaired) electrons. The molecule has 0 fully saturated rings. The maximum atomic E-state index is 13.6. The van der Waals surface area contributed by atoms with Crippen molar-refractivity contribution in [2.45, 2.75) is 6.18 Å². The molecule has 0 aliphatic carbocycles. The van der Waals surface area contributed by atoms with Crippen LogP contribution in [-0.4, -0.2) is 51.0 Å². The lowest BCUT2D eigenvalue weighted by Gasteiger charge is -2.09. The summed E-state index contributed by atoms with van der Waals surface area (Å²) in [6.45, 7) is 0. The van der Waals surface area contributed by atoms with Gasteiger partial charge in [0.1, 0.15) is 12.0 Å². The lowest BCUT2D eigenvalue weighted by atomic mass is 10.2. The highest BCUT2D eigenvalue weighted by molar-refractivity contribution is 7.18. The molecule has 0 bridgehead atoms. The minimum Gasteiger partial charge on any atom is -0.480 e. The molecule has 0 saturated heterocycles. The van der Waals surface area contributed by atoms with E-state index in [1.54, 1.807) is 6.07 Å². The van der Waals surface area contributed by atoms with Crippen LogP contribution in [0, 0.1) is 0 Å². The number of rotatable bonds is 6. The summed E-state index contributed by atoms with van der Waals surface area (Å²) in [5.41, 5.74) is -2.06. The Morgan fingerprint density at radius 1 is 1.16 bits per heavy atom. The number of anilines is 1. The third kappa shape index (κ3) is 4.53. The van der Waals surface area contributed by atoms with Crippen LogP contribution in [0.15, 0.2) is 35.9 Å². The van der Waals surface area contributed by atoms with E-state index < -0.39 is 33.5 Å². The van der Waals surface area contributed by atoms with Gasteiger partial charge in [0, 0.05) is 6.20 Å². The number of nitrogens with zero attached hydrogens (tertiary/aromatic N) is 5. The predicted molar refractivity (Wildman–Crippen MR) is 102 cm³/mol. The highest BCUT2D eigenvalue weighted by atomic mass is 32.1. The van der Waals surface area contributed by atoms with Gasteiger partial charge in [-0.25, -0.2) is 15.0 Å². The Morgan fingerprint density at radius 3 is 2.35 bits per heavy atom. The van der Waals surface area contributed by atoms with E-state index in [2.05, 4.69) is 30.4 Å². The van der Waals surface area contributed by atoms with E-state index in [1.807, 2.05) is 0 Å². The van der Waals surface area contributed by atoms with Crippen molar-refractivity contribution >= 4 is 28.1 Å². The standard InChI is InChI=1S/C17H13F3N6O4S/c1-29-14-9(15(30-2)23-7-22-14)13(27)25-16-24-12(17(18,19)20)11(31-16)10(26-28)8-5-3-4-6-21-8/h3-7,28H,1-2H3,(H,24,25,27). The third-order valence-corrected chi connectivity index (χ3v) is 4.71. The van der Waals surface area contributed by atoms with Crippen molar-refractivity contribution in [3.8, 4) is 11.8 Å². The van der Waals surface area contributed by atoms with E-state index in [4.69, 9.17) is 9.47 Å². The third-order valence-electron chi connectivity index (χ3n) is 3.73. The van der Waals surface area contributed by atoms with Crippen molar-refractivity contribution in [3.05, 3.63) is 52.6 Å². The molecule has 3 rings (SSSR count). The van der Waals surface area contributed by atoms with Gasteiger partial charge >= 0.3 is 6.18 Å². The van der Waals surface area contributed by atoms with Crippen LogP contribution >= 0.6 is 11.3 Å². The fourth-order valence-corrected chi connectivity index (χ4v) is 3.43. The Morgan fingerprint density at radius 2 is 1.84 bits per heavy atom. The van der Waals surface area contributed by atoms with Crippen LogP contribution in [0.2, 0.25) is 0 Å². The minimum atomic E-state index is -4.90. The molecule has 162 valence electrons. The van der Waals surface area contributed by atoms with Gasteiger partial charge in [0.15, 0.2) is 16.4 Å². The molecule has 0 aromatic carbocycles. The van der Waals surface area contributed by atoms with Gasteiger partial charge in [0.25, 0.3) is 5.91 Å². The van der Waals surface area contributed by atoms with Crippen molar-refractivity contribution < 1.29 is 32.6 Å². The SMILES string of the molecule is COc1ncnc(OC)c1C(=O)Nc1nc(C(F)(F)F)c(C(=NO)c2ccccn2)s1. The van der Waals surface area contributed by atoms with E-state index >= 15 is 0 Å². The number of alkyl halides is 3. The number of hydrogen-bond donors (Lipinski definition) is 2. The summed E-state index contributed by atoms with van der Waals surface area (Å²) in [5.74, 6) is -1.21. The fraction of sp³-hybridized carbons (Fsp3) is 0.176. The van der Waals surface area contributed by atoms with Gasteiger partial charge in [-0.15, -0.1) is 0 Å². The molecule has 3 aromatic rings. The number of oxime groups is 1. The second-order valence-corrected chi connectivity index (χ2v) is 6.58. The molecule has 0 aliphatic heterocycles. The van der Waals surface area contributed by atoms with Crippen molar-refractivity contribution in [2.24, 2.45) is 5.16 Å². The summed E-state index contributed by atoms with van der Waals surface area (Å²) in [7, 11) is 2.50. The van der Waals surface area contributed by atoms with E-state index in [9.17, 15) is 23.2 Å². The molecule has 3 heterocycles. The molecule has 0 atom stereocenters. The lowest BCUT2D eigenvalue weighted by molar-refractivity contribution is -0.140. The van der Waals surface area contributed by atoms with Gasteiger partial charge in [0.05, 0.1) is 24.8 Å². The molecule has 2 N–H and O–H groups in total. The first-order valence-electron chi connectivity index (χ1n) is 8.26. The zero-order chi connectivity index (χ0) is 22.6. The first kappa shape index (κ1) is 21.9. The summed E-state index contributed by atoms with van der Waals surface area (Å²) >= 11 is 0.448. The molecule has 0 saturated carbocycles. The van der Waals surface area contributed by atoms with Crippen LogP contribution in [0.5, 0.6) is 11.8 Å². The van der Waals surface area contributed by atoms with E-state index in [1.165, 1.54) is 32.5 Å². The second-order valence-electron chi connectivity index (χ2n) is 5.58. The van der Waals surface area contributed by atoms with Gasteiger partial charge in [-0.2, -0.15) is 13.2 Å². The number of ether oxygens (including phenoxy) is 2. The zero-order valence-corrected chi connectivity index (χ0v) is 16.7. The van der Waals surface area contributed by atoms with Crippen LogP contribution in [-0.2, 0) is 6.18 Å². The summed E-state index contributed by atoms with van der Waals surface area (Å²) in [6.07, 6.45) is -2.48. The van der Waals surface area contributed by atoms with Crippen LogP contribution in [0.25, 0.3) is 0 Å². The van der Waals surface area contributed by atoms with Gasteiger partial charge in [-0.1, -0.05) is 22.6 Å². The van der Waals surface area contributed by atoms with E-state index in [-0.39, 0.29) is 23.0 Å².